The maximum absolute atomic E-state index is 12.7. The van der Waals surface area contributed by atoms with Crippen molar-refractivity contribution in [1.29, 1.82) is 0 Å². The summed E-state index contributed by atoms with van der Waals surface area (Å²) in [5.41, 5.74) is 1.85. The number of hydrogen-bond acceptors (Lipinski definition) is 3. The molecule has 0 radical (unpaired) electrons. The van der Waals surface area contributed by atoms with Crippen LogP contribution in [0.3, 0.4) is 0 Å². The molecule has 0 fully saturated rings. The second-order valence-corrected chi connectivity index (χ2v) is 5.32. The quantitative estimate of drug-likeness (QED) is 0.569. The number of nitrogens with zero attached hydrogens (tertiary/aromatic N) is 1. The molecule has 4 heteroatoms. The lowest BCUT2D eigenvalue weighted by atomic mass is 9.98. The molecule has 1 heterocycles. The van der Waals surface area contributed by atoms with Crippen LogP contribution in [-0.2, 0) is 4.79 Å². The van der Waals surface area contributed by atoms with Crippen molar-refractivity contribution in [3.63, 3.8) is 0 Å². The number of benzene rings is 2. The predicted octanol–water partition coefficient (Wildman–Crippen LogP) is 3.96. The number of carbonyl (C=O) groups excluding carboxylic acids is 2. The lowest BCUT2D eigenvalue weighted by molar-refractivity contribution is -0.111. The van der Waals surface area contributed by atoms with E-state index in [9.17, 15) is 9.59 Å². The van der Waals surface area contributed by atoms with Crippen LogP contribution in [0.1, 0.15) is 21.5 Å². The van der Waals surface area contributed by atoms with Crippen LogP contribution >= 0.6 is 0 Å². The van der Waals surface area contributed by atoms with Gasteiger partial charge in [0.15, 0.2) is 5.78 Å². The molecule has 122 valence electrons. The van der Waals surface area contributed by atoms with Gasteiger partial charge in [-0.1, -0.05) is 60.7 Å². The van der Waals surface area contributed by atoms with Crippen molar-refractivity contribution >= 4 is 23.6 Å². The highest BCUT2D eigenvalue weighted by atomic mass is 16.1. The molecule has 0 aliphatic heterocycles. The minimum Gasteiger partial charge on any atom is -0.307 e. The Morgan fingerprint density at radius 2 is 1.56 bits per heavy atom. The van der Waals surface area contributed by atoms with Gasteiger partial charge < -0.3 is 5.32 Å². The van der Waals surface area contributed by atoms with E-state index in [1.807, 2.05) is 30.3 Å². The van der Waals surface area contributed by atoms with E-state index < -0.39 is 0 Å². The first kappa shape index (κ1) is 16.3. The Kier molecular flexibility index (Phi) is 5.12. The first-order chi connectivity index (χ1) is 12.2. The molecule has 2 aromatic carbocycles. The van der Waals surface area contributed by atoms with Crippen molar-refractivity contribution in [3.05, 3.63) is 102 Å². The van der Waals surface area contributed by atoms with Crippen molar-refractivity contribution in [2.45, 2.75) is 0 Å². The Hall–Kier alpha value is -3.53. The summed E-state index contributed by atoms with van der Waals surface area (Å²) >= 11 is 0. The Bertz CT molecular complexity index is 903. The zero-order valence-electron chi connectivity index (χ0n) is 13.4. The molecule has 0 spiro atoms. The Morgan fingerprint density at radius 3 is 2.32 bits per heavy atom. The molecular weight excluding hydrogens is 312 g/mol. The molecule has 3 aromatic rings. The van der Waals surface area contributed by atoms with E-state index in [2.05, 4.69) is 10.3 Å². The molecule has 0 saturated carbocycles. The summed E-state index contributed by atoms with van der Waals surface area (Å²) in [6.45, 7) is 0. The third-order valence-corrected chi connectivity index (χ3v) is 3.57. The van der Waals surface area contributed by atoms with Crippen LogP contribution in [0, 0.1) is 0 Å². The molecule has 1 aromatic heterocycles. The van der Waals surface area contributed by atoms with E-state index in [0.29, 0.717) is 22.5 Å². The number of amides is 1. The van der Waals surface area contributed by atoms with Gasteiger partial charge >= 0.3 is 0 Å². The molecule has 0 atom stereocenters. The van der Waals surface area contributed by atoms with Crippen LogP contribution in [0.5, 0.6) is 0 Å². The fraction of sp³-hybridized carbons (Fsp3) is 0. The van der Waals surface area contributed by atoms with Gasteiger partial charge in [0.25, 0.3) is 0 Å². The fourth-order valence-corrected chi connectivity index (χ4v) is 2.36. The van der Waals surface area contributed by atoms with E-state index in [-0.39, 0.29) is 11.7 Å². The van der Waals surface area contributed by atoms with Crippen LogP contribution < -0.4 is 5.32 Å². The lowest BCUT2D eigenvalue weighted by Gasteiger charge is -2.05. The van der Waals surface area contributed by atoms with Gasteiger partial charge in [-0.15, -0.1) is 0 Å². The second-order valence-electron chi connectivity index (χ2n) is 5.32. The number of hydrogen-bond donors (Lipinski definition) is 1. The standard InChI is InChI=1S/C21H16N2O2/c24-20(23-19-12-6-7-15-22-19)14-13-16-8-4-5-11-18(16)21(25)17-9-2-1-3-10-17/h1-15H,(H,22,23,24). The molecule has 0 aliphatic carbocycles. The average molecular weight is 328 g/mol. The monoisotopic (exact) mass is 328 g/mol. The third kappa shape index (κ3) is 4.26. The van der Waals surface area contributed by atoms with Gasteiger partial charge in [0.2, 0.25) is 5.91 Å². The topological polar surface area (TPSA) is 59.1 Å². The van der Waals surface area contributed by atoms with Crippen LogP contribution in [0.25, 0.3) is 6.08 Å². The highest BCUT2D eigenvalue weighted by Gasteiger charge is 2.11. The summed E-state index contributed by atoms with van der Waals surface area (Å²) in [5.74, 6) is 0.0949. The number of rotatable bonds is 5. The number of ketones is 1. The SMILES string of the molecule is O=C(C=Cc1ccccc1C(=O)c1ccccc1)Nc1ccccn1. The second kappa shape index (κ2) is 7.84. The predicted molar refractivity (Wildman–Crippen MR) is 98.2 cm³/mol. The molecule has 3 rings (SSSR count). The maximum Gasteiger partial charge on any atom is 0.249 e. The van der Waals surface area contributed by atoms with E-state index >= 15 is 0 Å². The van der Waals surface area contributed by atoms with Gasteiger partial charge in [-0.2, -0.15) is 0 Å². The minimum atomic E-state index is -0.305. The molecular formula is C21H16N2O2. The summed E-state index contributed by atoms with van der Waals surface area (Å²) < 4.78 is 0. The van der Waals surface area contributed by atoms with Gasteiger partial charge in [-0.05, 0) is 23.8 Å². The molecule has 0 unspecified atom stereocenters. The highest BCUT2D eigenvalue weighted by Crippen LogP contribution is 2.16. The largest absolute Gasteiger partial charge is 0.307 e. The Balaban J connectivity index is 1.79. The summed E-state index contributed by atoms with van der Waals surface area (Å²) in [7, 11) is 0. The van der Waals surface area contributed by atoms with Crippen LogP contribution in [-0.4, -0.2) is 16.7 Å². The zero-order chi connectivity index (χ0) is 17.5. The van der Waals surface area contributed by atoms with Crippen LogP contribution in [0.4, 0.5) is 5.82 Å². The molecule has 1 amide bonds. The van der Waals surface area contributed by atoms with Crippen molar-refractivity contribution < 1.29 is 9.59 Å². The number of anilines is 1. The molecule has 1 N–H and O–H groups in total. The van der Waals surface area contributed by atoms with Gasteiger partial charge in [-0.3, -0.25) is 9.59 Å². The minimum absolute atomic E-state index is 0.0778. The van der Waals surface area contributed by atoms with E-state index in [1.54, 1.807) is 54.7 Å². The summed E-state index contributed by atoms with van der Waals surface area (Å²) in [6, 6.07) is 21.5. The number of nitrogens with one attached hydrogen (secondary N) is 1. The van der Waals surface area contributed by atoms with E-state index in [1.165, 1.54) is 6.08 Å². The normalized spacial score (nSPS) is 10.6. The molecule has 25 heavy (non-hydrogen) atoms. The van der Waals surface area contributed by atoms with Crippen molar-refractivity contribution in [3.8, 4) is 0 Å². The summed E-state index contributed by atoms with van der Waals surface area (Å²) in [6.07, 6.45) is 4.63. The third-order valence-electron chi connectivity index (χ3n) is 3.57. The van der Waals surface area contributed by atoms with Gasteiger partial charge in [0, 0.05) is 23.4 Å². The van der Waals surface area contributed by atoms with Crippen LogP contribution in [0.15, 0.2) is 85.1 Å². The first-order valence-corrected chi connectivity index (χ1v) is 7.83. The van der Waals surface area contributed by atoms with Gasteiger partial charge in [0.1, 0.15) is 5.82 Å². The Labute approximate surface area is 145 Å². The van der Waals surface area contributed by atoms with E-state index in [0.717, 1.165) is 0 Å². The lowest BCUT2D eigenvalue weighted by Crippen LogP contribution is -2.09. The Morgan fingerprint density at radius 1 is 0.840 bits per heavy atom. The number of aromatic nitrogens is 1. The molecule has 0 saturated heterocycles. The van der Waals surface area contributed by atoms with Gasteiger partial charge in [0.05, 0.1) is 0 Å². The maximum atomic E-state index is 12.7. The van der Waals surface area contributed by atoms with Gasteiger partial charge in [-0.25, -0.2) is 4.98 Å². The highest BCUT2D eigenvalue weighted by molar-refractivity contribution is 6.11. The number of pyridine rings is 1. The molecule has 4 nitrogen and oxygen atoms in total. The van der Waals surface area contributed by atoms with Crippen molar-refractivity contribution in [2.24, 2.45) is 0 Å². The van der Waals surface area contributed by atoms with Crippen LogP contribution in [0.2, 0.25) is 0 Å². The zero-order valence-corrected chi connectivity index (χ0v) is 13.4. The first-order valence-electron chi connectivity index (χ1n) is 7.83. The van der Waals surface area contributed by atoms with Crippen molar-refractivity contribution in [1.82, 2.24) is 4.98 Å². The smallest absolute Gasteiger partial charge is 0.249 e. The fourth-order valence-electron chi connectivity index (χ4n) is 2.36. The summed E-state index contributed by atoms with van der Waals surface area (Å²) in [5, 5.41) is 2.67. The summed E-state index contributed by atoms with van der Waals surface area (Å²) in [4.78, 5) is 28.7. The molecule has 0 aliphatic rings. The molecule has 0 bridgehead atoms. The number of carbonyl (C=O) groups is 2. The average Bonchev–Trinajstić information content (AvgIpc) is 2.67. The van der Waals surface area contributed by atoms with Crippen molar-refractivity contribution in [2.75, 3.05) is 5.32 Å². The van der Waals surface area contributed by atoms with E-state index in [4.69, 9.17) is 0 Å².